The Morgan fingerprint density at radius 1 is 1.45 bits per heavy atom. The highest BCUT2D eigenvalue weighted by molar-refractivity contribution is 6.30. The first-order valence-electron chi connectivity index (χ1n) is 6.95. The van der Waals surface area contributed by atoms with E-state index in [9.17, 15) is 10.1 Å². The van der Waals surface area contributed by atoms with Crippen LogP contribution in [0.1, 0.15) is 25.3 Å². The van der Waals surface area contributed by atoms with E-state index in [1.54, 1.807) is 12.1 Å². The van der Waals surface area contributed by atoms with Crippen LogP contribution >= 0.6 is 11.6 Å². The van der Waals surface area contributed by atoms with Crippen LogP contribution in [0.25, 0.3) is 0 Å². The zero-order valence-electron chi connectivity index (χ0n) is 11.6. The molecular formula is C14H20ClN3O2. The minimum atomic E-state index is -0.381. The van der Waals surface area contributed by atoms with Crippen molar-refractivity contribution in [2.24, 2.45) is 0 Å². The number of rotatable bonds is 6. The summed E-state index contributed by atoms with van der Waals surface area (Å²) < 4.78 is 0. The van der Waals surface area contributed by atoms with Crippen molar-refractivity contribution in [2.45, 2.75) is 32.4 Å². The van der Waals surface area contributed by atoms with Crippen LogP contribution in [-0.4, -0.2) is 35.5 Å². The largest absolute Gasteiger partial charge is 0.309 e. The minimum Gasteiger partial charge on any atom is -0.309 e. The topological polar surface area (TPSA) is 58.4 Å². The van der Waals surface area contributed by atoms with Crippen molar-refractivity contribution in [3.8, 4) is 0 Å². The van der Waals surface area contributed by atoms with Crippen LogP contribution in [0.2, 0.25) is 5.02 Å². The molecule has 0 amide bonds. The molecule has 0 saturated carbocycles. The summed E-state index contributed by atoms with van der Waals surface area (Å²) in [7, 11) is 0. The minimum absolute atomic E-state index is 0.0818. The molecule has 1 fully saturated rings. The molecule has 1 heterocycles. The second kappa shape index (κ2) is 7.02. The lowest BCUT2D eigenvalue weighted by Gasteiger charge is -2.21. The molecular weight excluding hydrogens is 278 g/mol. The first-order valence-corrected chi connectivity index (χ1v) is 7.32. The first kappa shape index (κ1) is 15.2. The van der Waals surface area contributed by atoms with Gasteiger partial charge >= 0.3 is 0 Å². The SMILES string of the molecule is CC(CN1CCCC1)NCc1ccc(Cl)cc1[N+](=O)[O-]. The average Bonchev–Trinajstić information content (AvgIpc) is 2.90. The standard InChI is InChI=1S/C14H20ClN3O2/c1-11(10-17-6-2-3-7-17)16-9-12-4-5-13(15)8-14(12)18(19)20/h4-5,8,11,16H,2-3,6-7,9-10H2,1H3. The zero-order chi connectivity index (χ0) is 14.5. The van der Waals surface area contributed by atoms with Gasteiger partial charge in [0.15, 0.2) is 0 Å². The van der Waals surface area contributed by atoms with E-state index in [-0.39, 0.29) is 10.6 Å². The van der Waals surface area contributed by atoms with Gasteiger partial charge in [-0.3, -0.25) is 10.1 Å². The van der Waals surface area contributed by atoms with Gasteiger partial charge in [-0.25, -0.2) is 0 Å². The number of halogens is 1. The van der Waals surface area contributed by atoms with Crippen molar-refractivity contribution in [3.05, 3.63) is 38.9 Å². The van der Waals surface area contributed by atoms with Crippen LogP contribution in [0.3, 0.4) is 0 Å². The van der Waals surface area contributed by atoms with Gasteiger partial charge in [-0.05, 0) is 45.0 Å². The maximum Gasteiger partial charge on any atom is 0.275 e. The molecule has 1 aromatic rings. The van der Waals surface area contributed by atoms with Crippen molar-refractivity contribution >= 4 is 17.3 Å². The van der Waals surface area contributed by atoms with Gasteiger partial charge in [0, 0.05) is 35.8 Å². The second-order valence-electron chi connectivity index (χ2n) is 5.32. The maximum atomic E-state index is 11.0. The molecule has 1 saturated heterocycles. The van der Waals surface area contributed by atoms with Gasteiger partial charge < -0.3 is 10.2 Å². The summed E-state index contributed by atoms with van der Waals surface area (Å²) in [6.45, 7) is 5.91. The molecule has 1 N–H and O–H groups in total. The molecule has 0 aliphatic carbocycles. The van der Waals surface area contributed by atoms with Crippen molar-refractivity contribution in [1.29, 1.82) is 0 Å². The maximum absolute atomic E-state index is 11.0. The summed E-state index contributed by atoms with van der Waals surface area (Å²) in [4.78, 5) is 13.1. The predicted molar refractivity (Wildman–Crippen MR) is 80.1 cm³/mol. The number of likely N-dealkylation sites (tertiary alicyclic amines) is 1. The smallest absolute Gasteiger partial charge is 0.275 e. The fourth-order valence-corrected chi connectivity index (χ4v) is 2.72. The first-order chi connectivity index (χ1) is 9.56. The second-order valence-corrected chi connectivity index (χ2v) is 5.76. The Bertz CT molecular complexity index is 475. The quantitative estimate of drug-likeness (QED) is 0.648. The Hall–Kier alpha value is -1.17. The van der Waals surface area contributed by atoms with Gasteiger partial charge in [-0.15, -0.1) is 0 Å². The molecule has 1 atom stereocenters. The Morgan fingerprint density at radius 3 is 2.80 bits per heavy atom. The molecule has 5 nitrogen and oxygen atoms in total. The molecule has 0 bridgehead atoms. The third kappa shape index (κ3) is 4.16. The average molecular weight is 298 g/mol. The van der Waals surface area contributed by atoms with Crippen LogP contribution in [0.5, 0.6) is 0 Å². The van der Waals surface area contributed by atoms with E-state index < -0.39 is 0 Å². The van der Waals surface area contributed by atoms with Gasteiger partial charge in [0.05, 0.1) is 4.92 Å². The normalized spacial score (nSPS) is 17.3. The molecule has 1 aliphatic heterocycles. The lowest BCUT2D eigenvalue weighted by Crippen LogP contribution is -2.37. The van der Waals surface area contributed by atoms with E-state index in [0.717, 1.165) is 19.6 Å². The number of nitro groups is 1. The van der Waals surface area contributed by atoms with E-state index in [1.165, 1.54) is 18.9 Å². The number of hydrogen-bond acceptors (Lipinski definition) is 4. The van der Waals surface area contributed by atoms with Crippen molar-refractivity contribution < 1.29 is 4.92 Å². The van der Waals surface area contributed by atoms with Gasteiger partial charge in [0.25, 0.3) is 5.69 Å². The van der Waals surface area contributed by atoms with E-state index >= 15 is 0 Å². The van der Waals surface area contributed by atoms with Gasteiger partial charge in [-0.2, -0.15) is 0 Å². The van der Waals surface area contributed by atoms with E-state index in [0.29, 0.717) is 23.2 Å². The molecule has 1 unspecified atom stereocenters. The number of nitro benzene ring substituents is 1. The monoisotopic (exact) mass is 297 g/mol. The highest BCUT2D eigenvalue weighted by Crippen LogP contribution is 2.23. The summed E-state index contributed by atoms with van der Waals surface area (Å²) in [5, 5.41) is 14.8. The number of hydrogen-bond donors (Lipinski definition) is 1. The van der Waals surface area contributed by atoms with E-state index in [4.69, 9.17) is 11.6 Å². The highest BCUT2D eigenvalue weighted by Gasteiger charge is 2.17. The Balaban J connectivity index is 1.91. The molecule has 110 valence electrons. The lowest BCUT2D eigenvalue weighted by molar-refractivity contribution is -0.385. The molecule has 0 spiro atoms. The van der Waals surface area contributed by atoms with Gasteiger partial charge in [0.2, 0.25) is 0 Å². The molecule has 1 aromatic carbocycles. The van der Waals surface area contributed by atoms with Gasteiger partial charge in [-0.1, -0.05) is 11.6 Å². The summed E-state index contributed by atoms with van der Waals surface area (Å²) in [6.07, 6.45) is 2.55. The summed E-state index contributed by atoms with van der Waals surface area (Å²) in [6, 6.07) is 5.12. The van der Waals surface area contributed by atoms with E-state index in [1.807, 2.05) is 0 Å². The van der Waals surface area contributed by atoms with Crippen LogP contribution in [0, 0.1) is 10.1 Å². The Labute approximate surface area is 124 Å². The highest BCUT2D eigenvalue weighted by atomic mass is 35.5. The molecule has 2 rings (SSSR count). The van der Waals surface area contributed by atoms with Gasteiger partial charge in [0.1, 0.15) is 0 Å². The van der Waals surface area contributed by atoms with Crippen molar-refractivity contribution in [1.82, 2.24) is 10.2 Å². The van der Waals surface area contributed by atoms with Crippen LogP contribution < -0.4 is 5.32 Å². The number of benzene rings is 1. The van der Waals surface area contributed by atoms with Crippen LogP contribution in [0.15, 0.2) is 18.2 Å². The Kier molecular flexibility index (Phi) is 5.34. The summed E-state index contributed by atoms with van der Waals surface area (Å²) in [5.74, 6) is 0. The molecule has 6 heteroatoms. The van der Waals surface area contributed by atoms with Crippen molar-refractivity contribution in [3.63, 3.8) is 0 Å². The fourth-order valence-electron chi connectivity index (χ4n) is 2.56. The lowest BCUT2D eigenvalue weighted by atomic mass is 10.1. The summed E-state index contributed by atoms with van der Waals surface area (Å²) >= 11 is 5.81. The molecule has 0 aromatic heterocycles. The molecule has 20 heavy (non-hydrogen) atoms. The van der Waals surface area contributed by atoms with Crippen LogP contribution in [-0.2, 0) is 6.54 Å². The predicted octanol–water partition coefficient (Wildman–Crippen LogP) is 2.82. The zero-order valence-corrected chi connectivity index (χ0v) is 12.4. The Morgan fingerprint density at radius 2 is 2.15 bits per heavy atom. The molecule has 1 aliphatic rings. The number of nitrogens with zero attached hydrogens (tertiary/aromatic N) is 2. The fraction of sp³-hybridized carbons (Fsp3) is 0.571. The number of nitrogens with one attached hydrogen (secondary N) is 1. The van der Waals surface area contributed by atoms with E-state index in [2.05, 4.69) is 17.1 Å². The van der Waals surface area contributed by atoms with Crippen LogP contribution in [0.4, 0.5) is 5.69 Å². The van der Waals surface area contributed by atoms with Crippen molar-refractivity contribution in [2.75, 3.05) is 19.6 Å². The molecule has 0 radical (unpaired) electrons. The third-order valence-corrected chi connectivity index (χ3v) is 3.85. The summed E-state index contributed by atoms with van der Waals surface area (Å²) in [5.41, 5.74) is 0.756. The third-order valence-electron chi connectivity index (χ3n) is 3.62.